The van der Waals surface area contributed by atoms with Gasteiger partial charge < -0.3 is 15.5 Å². The average molecular weight is 257 g/mol. The monoisotopic (exact) mass is 256 g/mol. The van der Waals surface area contributed by atoms with Crippen molar-refractivity contribution in [3.05, 3.63) is 33.9 Å². The van der Waals surface area contributed by atoms with Crippen molar-refractivity contribution in [2.45, 2.75) is 12.5 Å². The number of fused-ring (bicyclic) bond motifs is 1. The maximum Gasteiger partial charge on any atom is 0.137 e. The number of aromatic amines is 1. The second-order valence-electron chi connectivity index (χ2n) is 3.63. The van der Waals surface area contributed by atoms with Gasteiger partial charge in [-0.3, -0.25) is 0 Å². The summed E-state index contributed by atoms with van der Waals surface area (Å²) in [4.78, 5) is 13.6. The molecule has 1 aromatic carbocycles. The van der Waals surface area contributed by atoms with Gasteiger partial charge in [-0.15, -0.1) is 0 Å². The summed E-state index contributed by atoms with van der Waals surface area (Å²) in [5, 5.41) is 1.95. The second kappa shape index (κ2) is 4.45. The molecule has 0 spiro atoms. The number of rotatable bonds is 3. The van der Waals surface area contributed by atoms with Crippen molar-refractivity contribution in [2.24, 2.45) is 5.73 Å². The molecule has 0 aliphatic heterocycles. The molecule has 0 bridgehead atoms. The molecular weight excluding hydrogens is 247 g/mol. The molecule has 1 heterocycles. The lowest BCUT2D eigenvalue weighted by atomic mass is 10.1. The van der Waals surface area contributed by atoms with Gasteiger partial charge in [-0.05, 0) is 24.1 Å². The highest BCUT2D eigenvalue weighted by atomic mass is 35.5. The smallest absolute Gasteiger partial charge is 0.137 e. The lowest BCUT2D eigenvalue weighted by molar-refractivity contribution is -0.108. The second-order valence-corrected chi connectivity index (χ2v) is 4.44. The van der Waals surface area contributed by atoms with E-state index in [0.717, 1.165) is 22.8 Å². The van der Waals surface area contributed by atoms with E-state index in [9.17, 15) is 4.79 Å². The van der Waals surface area contributed by atoms with Gasteiger partial charge in [0.15, 0.2) is 0 Å². The van der Waals surface area contributed by atoms with Crippen molar-refractivity contribution in [1.82, 2.24) is 4.98 Å². The number of benzene rings is 1. The summed E-state index contributed by atoms with van der Waals surface area (Å²) >= 11 is 11.8. The number of nitrogens with two attached hydrogens (primary N) is 1. The molecule has 2 aromatic rings. The van der Waals surface area contributed by atoms with Crippen LogP contribution in [0.2, 0.25) is 10.0 Å². The maximum atomic E-state index is 10.5. The van der Waals surface area contributed by atoms with Gasteiger partial charge in [0.1, 0.15) is 6.29 Å². The predicted octanol–water partition coefficient (Wildman–Crippen LogP) is 2.54. The van der Waals surface area contributed by atoms with Crippen molar-refractivity contribution in [3.8, 4) is 0 Å². The number of aromatic nitrogens is 1. The van der Waals surface area contributed by atoms with Gasteiger partial charge in [-0.2, -0.15) is 0 Å². The summed E-state index contributed by atoms with van der Waals surface area (Å²) in [6, 6.07) is 3.05. The van der Waals surface area contributed by atoms with Crippen LogP contribution in [-0.4, -0.2) is 17.3 Å². The Morgan fingerprint density at radius 2 is 2.06 bits per heavy atom. The Morgan fingerprint density at radius 1 is 1.38 bits per heavy atom. The van der Waals surface area contributed by atoms with Crippen molar-refractivity contribution in [2.75, 3.05) is 0 Å². The highest BCUT2D eigenvalue weighted by Gasteiger charge is 2.10. The summed E-state index contributed by atoms with van der Waals surface area (Å²) in [5.74, 6) is 0. The van der Waals surface area contributed by atoms with Crippen LogP contribution in [0.15, 0.2) is 18.3 Å². The number of hydrogen-bond acceptors (Lipinski definition) is 2. The number of aldehydes is 1. The Labute approximate surface area is 103 Å². The van der Waals surface area contributed by atoms with E-state index in [4.69, 9.17) is 28.9 Å². The molecule has 0 aliphatic rings. The molecule has 1 aromatic heterocycles. The topological polar surface area (TPSA) is 58.9 Å². The van der Waals surface area contributed by atoms with Crippen LogP contribution in [0.5, 0.6) is 0 Å². The highest BCUT2D eigenvalue weighted by molar-refractivity contribution is 6.42. The average Bonchev–Trinajstić information content (AvgIpc) is 2.62. The summed E-state index contributed by atoms with van der Waals surface area (Å²) in [7, 11) is 0. The molecular formula is C11H10Cl2N2O. The maximum absolute atomic E-state index is 10.5. The van der Waals surface area contributed by atoms with E-state index in [2.05, 4.69) is 4.98 Å². The minimum atomic E-state index is -0.492. The molecule has 0 amide bonds. The van der Waals surface area contributed by atoms with Gasteiger partial charge >= 0.3 is 0 Å². The Hall–Kier alpha value is -1.03. The van der Waals surface area contributed by atoms with E-state index < -0.39 is 6.04 Å². The Bertz CT molecular complexity index is 536. The van der Waals surface area contributed by atoms with Crippen LogP contribution in [0.4, 0.5) is 0 Å². The first-order valence-corrected chi connectivity index (χ1v) is 5.53. The quantitative estimate of drug-likeness (QED) is 0.830. The number of hydrogen-bond donors (Lipinski definition) is 2. The molecule has 3 N–H and O–H groups in total. The number of halogens is 2. The molecule has 3 nitrogen and oxygen atoms in total. The Morgan fingerprint density at radius 3 is 2.75 bits per heavy atom. The van der Waals surface area contributed by atoms with Crippen molar-refractivity contribution in [3.63, 3.8) is 0 Å². The van der Waals surface area contributed by atoms with Crippen LogP contribution >= 0.6 is 23.2 Å². The van der Waals surface area contributed by atoms with E-state index in [1.165, 1.54) is 0 Å². The lowest BCUT2D eigenvalue weighted by Crippen LogP contribution is -2.23. The largest absolute Gasteiger partial charge is 0.361 e. The fraction of sp³-hybridized carbons (Fsp3) is 0.182. The predicted molar refractivity (Wildman–Crippen MR) is 66.1 cm³/mol. The van der Waals surface area contributed by atoms with Crippen LogP contribution in [0.3, 0.4) is 0 Å². The molecule has 0 unspecified atom stereocenters. The van der Waals surface area contributed by atoms with Crippen LogP contribution in [0.25, 0.3) is 10.9 Å². The minimum Gasteiger partial charge on any atom is -0.361 e. The summed E-state index contributed by atoms with van der Waals surface area (Å²) in [6.45, 7) is 0. The van der Waals surface area contributed by atoms with E-state index in [1.54, 1.807) is 12.1 Å². The van der Waals surface area contributed by atoms with E-state index in [0.29, 0.717) is 16.5 Å². The number of carbonyl (C=O) groups excluding carboxylic acids is 1. The van der Waals surface area contributed by atoms with E-state index in [-0.39, 0.29) is 0 Å². The normalized spacial score (nSPS) is 12.9. The summed E-state index contributed by atoms with van der Waals surface area (Å²) < 4.78 is 0. The first-order chi connectivity index (χ1) is 7.61. The standard InChI is InChI=1S/C11H10Cl2N2O/c12-9-2-8-6(1-7(14)5-16)4-15-11(8)3-10(9)13/h2-5,7,15H,1,14H2/t7-/m0/s1. The van der Waals surface area contributed by atoms with Gasteiger partial charge in [0.05, 0.1) is 16.1 Å². The van der Waals surface area contributed by atoms with Crippen molar-refractivity contribution < 1.29 is 4.79 Å². The molecule has 1 atom stereocenters. The van der Waals surface area contributed by atoms with Gasteiger partial charge in [0.25, 0.3) is 0 Å². The number of H-pyrrole nitrogens is 1. The fourth-order valence-electron chi connectivity index (χ4n) is 1.65. The van der Waals surface area contributed by atoms with Gasteiger partial charge in [0, 0.05) is 17.1 Å². The molecule has 0 fully saturated rings. The van der Waals surface area contributed by atoms with E-state index in [1.807, 2.05) is 6.20 Å². The van der Waals surface area contributed by atoms with Crippen molar-refractivity contribution >= 4 is 40.4 Å². The zero-order valence-corrected chi connectivity index (χ0v) is 9.85. The zero-order valence-electron chi connectivity index (χ0n) is 8.34. The highest BCUT2D eigenvalue weighted by Crippen LogP contribution is 2.29. The van der Waals surface area contributed by atoms with E-state index >= 15 is 0 Å². The van der Waals surface area contributed by atoms with Crippen LogP contribution < -0.4 is 5.73 Å². The molecule has 0 saturated heterocycles. The third-order valence-corrected chi connectivity index (χ3v) is 3.16. The van der Waals surface area contributed by atoms with Gasteiger partial charge in [-0.1, -0.05) is 23.2 Å². The third-order valence-electron chi connectivity index (χ3n) is 2.44. The van der Waals surface area contributed by atoms with Crippen LogP contribution in [0.1, 0.15) is 5.56 Å². The molecule has 0 aliphatic carbocycles. The number of carbonyl (C=O) groups is 1. The molecule has 0 radical (unpaired) electrons. The van der Waals surface area contributed by atoms with Crippen LogP contribution in [0, 0.1) is 0 Å². The molecule has 84 valence electrons. The fourth-order valence-corrected chi connectivity index (χ4v) is 1.97. The number of nitrogens with one attached hydrogen (secondary N) is 1. The summed E-state index contributed by atoms with van der Waals surface area (Å²) in [6.07, 6.45) is 3.04. The van der Waals surface area contributed by atoms with Crippen LogP contribution in [-0.2, 0) is 11.2 Å². The Balaban J connectivity index is 2.47. The first kappa shape index (κ1) is 11.5. The first-order valence-electron chi connectivity index (χ1n) is 4.77. The lowest BCUT2D eigenvalue weighted by Gasteiger charge is -2.03. The zero-order chi connectivity index (χ0) is 11.7. The minimum absolute atomic E-state index is 0.488. The third kappa shape index (κ3) is 2.07. The van der Waals surface area contributed by atoms with Crippen molar-refractivity contribution in [1.29, 1.82) is 0 Å². The molecule has 2 rings (SSSR count). The molecule has 5 heteroatoms. The molecule has 16 heavy (non-hydrogen) atoms. The SMILES string of the molecule is N[C@H](C=O)Cc1c[nH]c2cc(Cl)c(Cl)cc12. The molecule has 0 saturated carbocycles. The van der Waals surface area contributed by atoms with Gasteiger partial charge in [-0.25, -0.2) is 0 Å². The van der Waals surface area contributed by atoms with Gasteiger partial charge in [0.2, 0.25) is 0 Å². The Kier molecular flexibility index (Phi) is 3.19. The summed E-state index contributed by atoms with van der Waals surface area (Å²) in [5.41, 5.74) is 7.44.